The van der Waals surface area contributed by atoms with Gasteiger partial charge in [0.2, 0.25) is 14.5 Å². The highest BCUT2D eigenvalue weighted by Crippen LogP contribution is 2.15. The molecule has 0 aliphatic heterocycles. The van der Waals surface area contributed by atoms with Gasteiger partial charge in [-0.25, -0.2) is 5.84 Å². The maximum Gasteiger partial charge on any atom is 0.222 e. The quantitative estimate of drug-likeness (QED) is 0.169. The van der Waals surface area contributed by atoms with Crippen LogP contribution in [-0.4, -0.2) is 14.5 Å². The van der Waals surface area contributed by atoms with Crippen LogP contribution in [0.15, 0.2) is 0 Å². The number of halogens is 2. The molecule has 0 aromatic carbocycles. The van der Waals surface area contributed by atoms with Gasteiger partial charge in [0.25, 0.3) is 0 Å². The molecule has 0 saturated heterocycles. The SMILES string of the molecule is C1CCC1.Cl[SiH2]Cl.NNC=O. The molecule has 1 amide bonds. The van der Waals surface area contributed by atoms with Crippen LogP contribution in [0.5, 0.6) is 0 Å². The van der Waals surface area contributed by atoms with Gasteiger partial charge in [-0.15, -0.1) is 0 Å². The highest BCUT2D eigenvalue weighted by Gasteiger charge is 1.95. The summed E-state index contributed by atoms with van der Waals surface area (Å²) < 4.78 is 0. The molecule has 0 aromatic rings. The number of nitrogens with one attached hydrogen (secondary N) is 1. The Morgan fingerprint density at radius 2 is 1.45 bits per heavy atom. The lowest BCUT2D eigenvalue weighted by atomic mass is 10.0. The van der Waals surface area contributed by atoms with Gasteiger partial charge in [0, 0.05) is 0 Å². The molecule has 0 aromatic heterocycles. The predicted octanol–water partition coefficient (Wildman–Crippen LogP) is 0.629. The van der Waals surface area contributed by atoms with Crippen LogP contribution in [0.2, 0.25) is 0 Å². The molecule has 1 aliphatic rings. The topological polar surface area (TPSA) is 55.1 Å². The van der Waals surface area contributed by atoms with Crippen LogP contribution in [0.3, 0.4) is 0 Å². The molecule has 3 nitrogen and oxygen atoms in total. The minimum Gasteiger partial charge on any atom is -0.297 e. The molecule has 0 atom stereocenters. The molecule has 0 bridgehead atoms. The Hall–Kier alpha value is 0.227. The first-order valence-electron chi connectivity index (χ1n) is 3.35. The second-order valence-electron chi connectivity index (χ2n) is 1.80. The van der Waals surface area contributed by atoms with Crippen LogP contribution in [0.1, 0.15) is 25.7 Å². The van der Waals surface area contributed by atoms with Crippen molar-refractivity contribution >= 4 is 36.7 Å². The van der Waals surface area contributed by atoms with Gasteiger partial charge >= 0.3 is 0 Å². The molecule has 0 unspecified atom stereocenters. The van der Waals surface area contributed by atoms with Crippen molar-refractivity contribution in [1.29, 1.82) is 0 Å². The summed E-state index contributed by atoms with van der Waals surface area (Å²) in [5.41, 5.74) is 1.75. The Kier molecular flexibility index (Phi) is 20.9. The number of hydrazine groups is 1. The first-order chi connectivity index (χ1) is 5.33. The number of carbonyl (C=O) groups excluding carboxylic acids is 1. The Bertz CT molecular complexity index is 69.5. The number of hydrogen-bond donors (Lipinski definition) is 2. The van der Waals surface area contributed by atoms with Gasteiger partial charge in [0.1, 0.15) is 0 Å². The van der Waals surface area contributed by atoms with Crippen LogP contribution >= 0.6 is 22.2 Å². The van der Waals surface area contributed by atoms with Gasteiger partial charge in [0.15, 0.2) is 0 Å². The fourth-order valence-electron chi connectivity index (χ4n) is 0.250. The van der Waals surface area contributed by atoms with E-state index < -0.39 is 8.14 Å². The van der Waals surface area contributed by atoms with Crippen LogP contribution in [0.4, 0.5) is 0 Å². The summed E-state index contributed by atoms with van der Waals surface area (Å²) in [7, 11) is -0.639. The van der Waals surface area contributed by atoms with Gasteiger partial charge in [-0.1, -0.05) is 25.7 Å². The van der Waals surface area contributed by atoms with E-state index in [-0.39, 0.29) is 0 Å². The summed E-state index contributed by atoms with van der Waals surface area (Å²) in [5, 5.41) is 0. The predicted molar refractivity (Wildman–Crippen MR) is 52.1 cm³/mol. The molecule has 68 valence electrons. The molecule has 1 fully saturated rings. The average Bonchev–Trinajstić information content (AvgIpc) is 1.85. The van der Waals surface area contributed by atoms with E-state index in [2.05, 4.69) is 5.84 Å². The highest BCUT2D eigenvalue weighted by atomic mass is 35.7. The molecule has 11 heavy (non-hydrogen) atoms. The monoisotopic (exact) mass is 216 g/mol. The van der Waals surface area contributed by atoms with E-state index in [4.69, 9.17) is 27.0 Å². The number of carbonyl (C=O) groups is 1. The zero-order valence-corrected chi connectivity index (χ0v) is 9.28. The van der Waals surface area contributed by atoms with E-state index in [1.165, 1.54) is 25.7 Å². The standard InChI is InChI=1S/C4H8.CH4N2O.Cl2H2Si/c1-2-4-3-1;2-3-1-4;1-3-2/h1-4H2;1H,2H2,(H,3,4);3H2. The van der Waals surface area contributed by atoms with Crippen molar-refractivity contribution in [2.75, 3.05) is 0 Å². The summed E-state index contributed by atoms with van der Waals surface area (Å²) in [6, 6.07) is 0. The van der Waals surface area contributed by atoms with Crippen molar-refractivity contribution in [3.8, 4) is 0 Å². The Morgan fingerprint density at radius 3 is 1.45 bits per heavy atom. The average molecular weight is 217 g/mol. The molecule has 0 spiro atoms. The van der Waals surface area contributed by atoms with Crippen molar-refractivity contribution in [1.82, 2.24) is 5.43 Å². The van der Waals surface area contributed by atoms with Crippen molar-refractivity contribution in [3.63, 3.8) is 0 Å². The summed E-state index contributed by atoms with van der Waals surface area (Å²) in [6.07, 6.45) is 6.40. The lowest BCUT2D eigenvalue weighted by molar-refractivity contribution is -0.109. The number of nitrogens with two attached hydrogens (primary N) is 1. The molecule has 0 radical (unpaired) electrons. The molecular formula is C5H14Cl2N2OSi. The summed E-state index contributed by atoms with van der Waals surface area (Å²) in [5.74, 6) is 4.41. The summed E-state index contributed by atoms with van der Waals surface area (Å²) in [6.45, 7) is 0. The van der Waals surface area contributed by atoms with Crippen LogP contribution in [0.25, 0.3) is 0 Å². The maximum absolute atomic E-state index is 8.94. The van der Waals surface area contributed by atoms with Gasteiger partial charge in [-0.05, 0) is 0 Å². The van der Waals surface area contributed by atoms with Crippen molar-refractivity contribution in [2.45, 2.75) is 25.7 Å². The normalized spacial score (nSPS) is 12.3. The number of rotatable bonds is 1. The zero-order chi connectivity index (χ0) is 8.95. The van der Waals surface area contributed by atoms with Crippen molar-refractivity contribution in [2.24, 2.45) is 5.84 Å². The lowest BCUT2D eigenvalue weighted by Crippen LogP contribution is -2.18. The fraction of sp³-hybridized carbons (Fsp3) is 0.800. The van der Waals surface area contributed by atoms with Crippen LogP contribution in [0, 0.1) is 0 Å². The summed E-state index contributed by atoms with van der Waals surface area (Å²) in [4.78, 5) is 8.94. The van der Waals surface area contributed by atoms with Crippen LogP contribution in [-0.2, 0) is 4.79 Å². The molecule has 0 heterocycles. The largest absolute Gasteiger partial charge is 0.297 e. The first kappa shape index (κ1) is 13.8. The van der Waals surface area contributed by atoms with Gasteiger partial charge in [0.05, 0.1) is 0 Å². The van der Waals surface area contributed by atoms with Gasteiger partial charge < -0.3 is 0 Å². The Morgan fingerprint density at radius 1 is 1.27 bits per heavy atom. The van der Waals surface area contributed by atoms with E-state index in [1.807, 2.05) is 0 Å². The van der Waals surface area contributed by atoms with Gasteiger partial charge in [-0.3, -0.25) is 10.2 Å². The highest BCUT2D eigenvalue weighted by molar-refractivity contribution is 7.22. The second kappa shape index (κ2) is 16.7. The summed E-state index contributed by atoms with van der Waals surface area (Å²) >= 11 is 9.81. The number of hydrogen-bond acceptors (Lipinski definition) is 2. The molecule has 1 aliphatic carbocycles. The smallest absolute Gasteiger partial charge is 0.222 e. The minimum absolute atomic E-state index is 0.403. The fourth-order valence-corrected chi connectivity index (χ4v) is 0.250. The minimum atomic E-state index is -0.639. The molecule has 3 N–H and O–H groups in total. The number of amides is 1. The van der Waals surface area contributed by atoms with Gasteiger partial charge in [-0.2, -0.15) is 22.2 Å². The third kappa shape index (κ3) is 25.3. The van der Waals surface area contributed by atoms with E-state index in [1.54, 1.807) is 5.43 Å². The van der Waals surface area contributed by atoms with Crippen LogP contribution < -0.4 is 11.3 Å². The van der Waals surface area contributed by atoms with E-state index in [0.717, 1.165) is 0 Å². The second-order valence-corrected chi connectivity index (χ2v) is 4.43. The van der Waals surface area contributed by atoms with Crippen molar-refractivity contribution in [3.05, 3.63) is 0 Å². The first-order valence-corrected chi connectivity index (χ1v) is 7.62. The third-order valence-electron chi connectivity index (χ3n) is 1.07. The third-order valence-corrected chi connectivity index (χ3v) is 1.07. The zero-order valence-electron chi connectivity index (χ0n) is 6.35. The van der Waals surface area contributed by atoms with E-state index in [9.17, 15) is 0 Å². The Balaban J connectivity index is 0. The lowest BCUT2D eigenvalue weighted by Gasteiger charge is -2.05. The molecule has 1 rings (SSSR count). The van der Waals surface area contributed by atoms with E-state index in [0.29, 0.717) is 6.41 Å². The Labute approximate surface area is 78.8 Å². The maximum atomic E-state index is 8.94. The van der Waals surface area contributed by atoms with E-state index >= 15 is 0 Å². The van der Waals surface area contributed by atoms with Crippen molar-refractivity contribution < 1.29 is 4.79 Å². The molecule has 1 saturated carbocycles. The molecular weight excluding hydrogens is 203 g/mol. The molecule has 6 heteroatoms.